The van der Waals surface area contributed by atoms with Crippen molar-refractivity contribution in [3.05, 3.63) is 28.2 Å². The van der Waals surface area contributed by atoms with E-state index in [2.05, 4.69) is 27.8 Å². The number of nitrogens with zero attached hydrogens (tertiary/aromatic N) is 1. The molecule has 2 nitrogen and oxygen atoms in total. The number of aromatic hydroxyl groups is 1. The molecule has 1 saturated heterocycles. The Balaban J connectivity index is 1.95. The molecule has 1 fully saturated rings. The second-order valence-electron chi connectivity index (χ2n) is 4.88. The van der Waals surface area contributed by atoms with Crippen molar-refractivity contribution in [3.8, 4) is 5.75 Å². The molecular weight excluding hydrogens is 278 g/mol. The summed E-state index contributed by atoms with van der Waals surface area (Å²) < 4.78 is 0.790. The van der Waals surface area contributed by atoms with Gasteiger partial charge >= 0.3 is 0 Å². The standard InChI is InChI=1S/C14H20BrNO/c1-2-11-6-8-16(9-7-11)10-12-4-3-5-13(15)14(12)17/h3-5,11,17H,2,6-10H2,1H3. The van der Waals surface area contributed by atoms with Gasteiger partial charge in [-0.3, -0.25) is 4.90 Å². The molecule has 0 unspecified atom stereocenters. The van der Waals surface area contributed by atoms with Crippen LogP contribution in [0.2, 0.25) is 0 Å². The van der Waals surface area contributed by atoms with Crippen LogP contribution in [-0.2, 0) is 6.54 Å². The van der Waals surface area contributed by atoms with Crippen molar-refractivity contribution in [2.45, 2.75) is 32.7 Å². The highest BCUT2D eigenvalue weighted by Crippen LogP contribution is 2.29. The highest BCUT2D eigenvalue weighted by atomic mass is 79.9. The zero-order chi connectivity index (χ0) is 12.3. The summed E-state index contributed by atoms with van der Waals surface area (Å²) in [6, 6.07) is 5.87. The largest absolute Gasteiger partial charge is 0.506 e. The Kier molecular flexibility index (Phi) is 4.46. The number of hydrogen-bond donors (Lipinski definition) is 1. The topological polar surface area (TPSA) is 23.5 Å². The lowest BCUT2D eigenvalue weighted by Gasteiger charge is -2.31. The van der Waals surface area contributed by atoms with E-state index in [0.29, 0.717) is 5.75 Å². The first-order valence-corrected chi connectivity index (χ1v) is 7.18. The van der Waals surface area contributed by atoms with Crippen molar-refractivity contribution >= 4 is 15.9 Å². The fraction of sp³-hybridized carbons (Fsp3) is 0.571. The van der Waals surface area contributed by atoms with E-state index in [1.807, 2.05) is 18.2 Å². The van der Waals surface area contributed by atoms with E-state index in [4.69, 9.17) is 0 Å². The lowest BCUT2D eigenvalue weighted by Crippen LogP contribution is -2.33. The van der Waals surface area contributed by atoms with Crippen molar-refractivity contribution in [1.29, 1.82) is 0 Å². The molecule has 0 bridgehead atoms. The Labute approximate surface area is 112 Å². The summed E-state index contributed by atoms with van der Waals surface area (Å²) in [6.45, 7) is 5.46. The summed E-state index contributed by atoms with van der Waals surface area (Å²) in [5, 5.41) is 9.95. The van der Waals surface area contributed by atoms with Crippen molar-refractivity contribution in [1.82, 2.24) is 4.90 Å². The molecule has 0 spiro atoms. The number of rotatable bonds is 3. The van der Waals surface area contributed by atoms with Crippen LogP contribution in [0.25, 0.3) is 0 Å². The molecule has 1 N–H and O–H groups in total. The van der Waals surface area contributed by atoms with Gasteiger partial charge in [0.05, 0.1) is 4.47 Å². The monoisotopic (exact) mass is 297 g/mol. The molecule has 3 heteroatoms. The molecule has 2 rings (SSSR count). The van der Waals surface area contributed by atoms with Gasteiger partial charge in [0.15, 0.2) is 0 Å². The fourth-order valence-corrected chi connectivity index (χ4v) is 2.89. The van der Waals surface area contributed by atoms with Crippen LogP contribution >= 0.6 is 15.9 Å². The van der Waals surface area contributed by atoms with Crippen LogP contribution in [0.15, 0.2) is 22.7 Å². The second kappa shape index (κ2) is 5.87. The minimum Gasteiger partial charge on any atom is -0.506 e. The zero-order valence-electron chi connectivity index (χ0n) is 10.3. The van der Waals surface area contributed by atoms with Gasteiger partial charge in [0.1, 0.15) is 5.75 Å². The van der Waals surface area contributed by atoms with Crippen molar-refractivity contribution in [3.63, 3.8) is 0 Å². The van der Waals surface area contributed by atoms with E-state index in [0.717, 1.165) is 35.6 Å². The number of para-hydroxylation sites is 1. The van der Waals surface area contributed by atoms with E-state index >= 15 is 0 Å². The predicted octanol–water partition coefficient (Wildman–Crippen LogP) is 3.78. The number of phenolic OH excluding ortho intramolecular Hbond substituents is 1. The van der Waals surface area contributed by atoms with Gasteiger partial charge in [0.25, 0.3) is 0 Å². The van der Waals surface area contributed by atoms with E-state index < -0.39 is 0 Å². The van der Waals surface area contributed by atoms with Crippen molar-refractivity contribution < 1.29 is 5.11 Å². The Bertz CT molecular complexity index is 372. The summed E-state index contributed by atoms with van der Waals surface area (Å²) in [6.07, 6.45) is 3.90. The Morgan fingerprint density at radius 3 is 2.71 bits per heavy atom. The summed E-state index contributed by atoms with van der Waals surface area (Å²) in [5.41, 5.74) is 1.02. The normalized spacial score (nSPS) is 18.5. The van der Waals surface area contributed by atoms with Gasteiger partial charge in [-0.25, -0.2) is 0 Å². The molecule has 0 aromatic heterocycles. The Morgan fingerprint density at radius 2 is 2.06 bits per heavy atom. The van der Waals surface area contributed by atoms with Gasteiger partial charge in [-0.15, -0.1) is 0 Å². The van der Waals surface area contributed by atoms with E-state index in [9.17, 15) is 5.11 Å². The molecule has 1 heterocycles. The molecule has 17 heavy (non-hydrogen) atoms. The second-order valence-corrected chi connectivity index (χ2v) is 5.73. The van der Waals surface area contributed by atoms with Gasteiger partial charge in [-0.05, 0) is 53.8 Å². The number of hydrogen-bond acceptors (Lipinski definition) is 2. The third-order valence-corrected chi connectivity index (χ3v) is 4.39. The first kappa shape index (κ1) is 12.9. The van der Waals surface area contributed by atoms with Crippen LogP contribution < -0.4 is 0 Å². The number of halogens is 1. The van der Waals surface area contributed by atoms with Gasteiger partial charge in [-0.1, -0.05) is 25.5 Å². The summed E-state index contributed by atoms with van der Waals surface area (Å²) >= 11 is 3.36. The maximum atomic E-state index is 9.95. The Hall–Kier alpha value is -0.540. The molecule has 1 aromatic rings. The zero-order valence-corrected chi connectivity index (χ0v) is 11.9. The molecule has 1 aliphatic heterocycles. The van der Waals surface area contributed by atoms with Crippen LogP contribution in [0.5, 0.6) is 5.75 Å². The molecule has 0 aliphatic carbocycles. The number of phenols is 1. The number of likely N-dealkylation sites (tertiary alicyclic amines) is 1. The van der Waals surface area contributed by atoms with Gasteiger partial charge in [0, 0.05) is 12.1 Å². The molecule has 1 aromatic carbocycles. The third-order valence-electron chi connectivity index (χ3n) is 3.75. The lowest BCUT2D eigenvalue weighted by atomic mass is 9.94. The first-order valence-electron chi connectivity index (χ1n) is 6.39. The lowest BCUT2D eigenvalue weighted by molar-refractivity contribution is 0.173. The predicted molar refractivity (Wildman–Crippen MR) is 74.1 cm³/mol. The van der Waals surface area contributed by atoms with Crippen molar-refractivity contribution in [2.24, 2.45) is 5.92 Å². The molecular formula is C14H20BrNO. The van der Waals surface area contributed by atoms with Crippen molar-refractivity contribution in [2.75, 3.05) is 13.1 Å². The van der Waals surface area contributed by atoms with Crippen LogP contribution in [-0.4, -0.2) is 23.1 Å². The highest BCUT2D eigenvalue weighted by Gasteiger charge is 2.18. The molecule has 94 valence electrons. The van der Waals surface area contributed by atoms with Gasteiger partial charge in [0.2, 0.25) is 0 Å². The molecule has 0 atom stereocenters. The van der Waals surface area contributed by atoms with E-state index in [1.165, 1.54) is 19.3 Å². The van der Waals surface area contributed by atoms with Crippen LogP contribution in [0.1, 0.15) is 31.7 Å². The highest BCUT2D eigenvalue weighted by molar-refractivity contribution is 9.10. The minimum absolute atomic E-state index is 0.394. The average Bonchev–Trinajstić information content (AvgIpc) is 2.36. The fourth-order valence-electron chi connectivity index (χ4n) is 2.48. The quantitative estimate of drug-likeness (QED) is 0.918. The molecule has 1 aliphatic rings. The molecule has 0 saturated carbocycles. The van der Waals surface area contributed by atoms with E-state index in [1.54, 1.807) is 0 Å². The van der Waals surface area contributed by atoms with Crippen LogP contribution in [0.3, 0.4) is 0 Å². The maximum absolute atomic E-state index is 9.95. The minimum atomic E-state index is 0.394. The number of benzene rings is 1. The third kappa shape index (κ3) is 3.23. The Morgan fingerprint density at radius 1 is 1.35 bits per heavy atom. The number of piperidine rings is 1. The molecule has 0 radical (unpaired) electrons. The van der Waals surface area contributed by atoms with E-state index in [-0.39, 0.29) is 0 Å². The smallest absolute Gasteiger partial charge is 0.134 e. The van der Waals surface area contributed by atoms with Gasteiger partial charge < -0.3 is 5.11 Å². The van der Waals surface area contributed by atoms with Crippen LogP contribution in [0.4, 0.5) is 0 Å². The maximum Gasteiger partial charge on any atom is 0.134 e. The summed E-state index contributed by atoms with van der Waals surface area (Å²) in [4.78, 5) is 2.44. The SMILES string of the molecule is CCC1CCN(Cc2cccc(Br)c2O)CC1. The van der Waals surface area contributed by atoms with Gasteiger partial charge in [-0.2, -0.15) is 0 Å². The average molecular weight is 298 g/mol. The summed E-state index contributed by atoms with van der Waals surface area (Å²) in [5.74, 6) is 1.30. The first-order chi connectivity index (χ1) is 8.20. The molecule has 0 amide bonds. The summed E-state index contributed by atoms with van der Waals surface area (Å²) in [7, 11) is 0. The van der Waals surface area contributed by atoms with Crippen LogP contribution in [0, 0.1) is 5.92 Å².